The van der Waals surface area contributed by atoms with E-state index in [-0.39, 0.29) is 66.1 Å². The summed E-state index contributed by atoms with van der Waals surface area (Å²) in [4.78, 5) is 9.25. The lowest BCUT2D eigenvalue weighted by molar-refractivity contribution is -0.441. The van der Waals surface area contributed by atoms with E-state index in [9.17, 15) is 74.8 Å². The topological polar surface area (TPSA) is 339 Å². The van der Waals surface area contributed by atoms with Crippen LogP contribution >= 0.6 is 0 Å². The average Bonchev–Trinajstić information content (AvgIpc) is 3.58. The summed E-state index contributed by atoms with van der Waals surface area (Å²) < 4.78 is 192. The molecule has 1 unspecified atom stereocenters. The molecule has 0 aliphatic carbocycles. The summed E-state index contributed by atoms with van der Waals surface area (Å²) in [5.41, 5.74) is 0.0727. The van der Waals surface area contributed by atoms with Gasteiger partial charge in [-0.1, -0.05) is 30.7 Å². The van der Waals surface area contributed by atoms with E-state index in [1.54, 1.807) is 62.1 Å². The van der Waals surface area contributed by atoms with Crippen molar-refractivity contribution in [1.82, 2.24) is 0 Å². The number of ether oxygens (including phenoxy) is 1. The summed E-state index contributed by atoms with van der Waals surface area (Å²) in [7, 11) is -24.6. The molecule has 0 saturated heterocycles. The number of nitrogens with zero attached hydrogens (tertiary/aromatic N) is 2. The second kappa shape index (κ2) is 19.3. The van der Waals surface area contributed by atoms with Crippen LogP contribution in [0.15, 0.2) is 104 Å². The quantitative estimate of drug-likeness (QED) is 0.0555. The maximum atomic E-state index is 12.6. The van der Waals surface area contributed by atoms with Gasteiger partial charge >= 0.3 is 5.97 Å². The minimum atomic E-state index is -5.40. The number of carboxylic acids is 1. The smallest absolute Gasteiger partial charge is 0.303 e. The molecule has 374 valence electrons. The third kappa shape index (κ3) is 11.2. The highest BCUT2D eigenvalue weighted by Gasteiger charge is 2.47. The Morgan fingerprint density at radius 1 is 0.696 bits per heavy atom. The summed E-state index contributed by atoms with van der Waals surface area (Å²) in [5.74, 6) is -1.83. The van der Waals surface area contributed by atoms with E-state index in [2.05, 4.69) is 0 Å². The fourth-order valence-corrected chi connectivity index (χ4v) is 12.6. The van der Waals surface area contributed by atoms with Gasteiger partial charge in [0.1, 0.15) is 47.1 Å². The fraction of sp³-hybridized carbons (Fsp3) is 0.364. The van der Waals surface area contributed by atoms with Crippen LogP contribution in [0.4, 0.5) is 11.4 Å². The molecule has 2 aliphatic heterocycles. The Morgan fingerprint density at radius 2 is 1.26 bits per heavy atom. The summed E-state index contributed by atoms with van der Waals surface area (Å²) >= 11 is 0. The summed E-state index contributed by atoms with van der Waals surface area (Å²) in [6, 6.07) is 8.67. The van der Waals surface area contributed by atoms with Crippen molar-refractivity contribution in [3.63, 3.8) is 0 Å². The molecule has 0 bridgehead atoms. The van der Waals surface area contributed by atoms with Crippen LogP contribution in [0.2, 0.25) is 0 Å². The Labute approximate surface area is 400 Å². The third-order valence-corrected chi connectivity index (χ3v) is 16.5. The van der Waals surface area contributed by atoms with E-state index in [0.29, 0.717) is 59.7 Å². The van der Waals surface area contributed by atoms with Crippen LogP contribution < -0.4 is 4.90 Å². The second-order valence-electron chi connectivity index (χ2n) is 17.3. The molecule has 20 nitrogen and oxygen atoms in total. The molecule has 0 amide bonds. The van der Waals surface area contributed by atoms with Gasteiger partial charge in [-0.05, 0) is 111 Å². The van der Waals surface area contributed by atoms with Crippen molar-refractivity contribution in [2.75, 3.05) is 37.5 Å². The number of carboxylic acid groups (broad SMARTS) is 1. The first kappa shape index (κ1) is 53.4. The molecule has 4 aromatic carbocycles. The maximum Gasteiger partial charge on any atom is 0.303 e. The highest BCUT2D eigenvalue weighted by molar-refractivity contribution is 7.87. The number of allylic oxidation sites excluding steroid dienone is 6. The number of benzene rings is 4. The van der Waals surface area contributed by atoms with Gasteiger partial charge in [0.25, 0.3) is 0 Å². The van der Waals surface area contributed by atoms with E-state index >= 15 is 0 Å². The van der Waals surface area contributed by atoms with E-state index in [1.807, 2.05) is 4.58 Å². The van der Waals surface area contributed by atoms with Crippen molar-refractivity contribution in [3.8, 4) is 0 Å². The predicted octanol–water partition coefficient (Wildman–Crippen LogP) is 4.38. The Balaban J connectivity index is 1.53. The molecule has 0 saturated carbocycles. The number of methoxy groups -OCH3 is 1. The fourth-order valence-electron chi connectivity index (χ4n) is 9.44. The first-order valence-corrected chi connectivity index (χ1v) is 28.2. The summed E-state index contributed by atoms with van der Waals surface area (Å²) in [6.45, 7) is 5.77. The van der Waals surface area contributed by atoms with Crippen LogP contribution in [0.5, 0.6) is 0 Å². The third-order valence-electron chi connectivity index (χ3n) is 12.4. The number of carbonyl (C=O) groups is 1. The number of anilines is 1. The zero-order valence-corrected chi connectivity index (χ0v) is 41.5. The van der Waals surface area contributed by atoms with Crippen molar-refractivity contribution in [2.45, 2.75) is 89.7 Å². The van der Waals surface area contributed by atoms with Crippen molar-refractivity contribution in [1.29, 1.82) is 0 Å². The van der Waals surface area contributed by atoms with Crippen LogP contribution in [0.3, 0.4) is 0 Å². The maximum absolute atomic E-state index is 12.6. The Hall–Kier alpha value is -4.93. The zero-order valence-electron chi connectivity index (χ0n) is 37.4. The largest absolute Gasteiger partial charge is 0.748 e. The lowest BCUT2D eigenvalue weighted by Gasteiger charge is -2.31. The Morgan fingerprint density at radius 3 is 1.78 bits per heavy atom. The number of hydrogen-bond acceptors (Lipinski definition) is 18. The zero-order chi connectivity index (χ0) is 51.3. The molecule has 0 aromatic heterocycles. The molecule has 0 radical (unpaired) electrons. The molecule has 0 fully saturated rings. The molecule has 2 aliphatic rings. The van der Waals surface area contributed by atoms with Crippen LogP contribution in [0.25, 0.3) is 21.5 Å². The van der Waals surface area contributed by atoms with Crippen LogP contribution in [0, 0.1) is 0 Å². The molecule has 2 heterocycles. The van der Waals surface area contributed by atoms with Crippen LogP contribution in [-0.2, 0) is 71.0 Å². The van der Waals surface area contributed by atoms with Gasteiger partial charge in [0.2, 0.25) is 5.69 Å². The second-order valence-corrected chi connectivity index (χ2v) is 24.3. The van der Waals surface area contributed by atoms with E-state index < -0.39 is 92.7 Å². The molecule has 4 aromatic rings. The number of fused-ring (bicyclic) bond motifs is 6. The number of hydrogen-bond donors (Lipinski definition) is 1. The predicted molar refractivity (Wildman–Crippen MR) is 245 cm³/mol. The van der Waals surface area contributed by atoms with Crippen molar-refractivity contribution < 1.29 is 84.1 Å². The minimum absolute atomic E-state index is 0.0373. The van der Waals surface area contributed by atoms with Gasteiger partial charge in [-0.15, -0.1) is 0 Å². The van der Waals surface area contributed by atoms with Crippen LogP contribution in [-0.4, -0.2) is 119 Å². The molecule has 1 N–H and O–H groups in total. The van der Waals surface area contributed by atoms with E-state index in [0.717, 1.165) is 12.1 Å². The lowest BCUT2D eigenvalue weighted by atomic mass is 9.75. The summed E-state index contributed by atoms with van der Waals surface area (Å²) in [5, 5.41) is 8.82. The van der Waals surface area contributed by atoms with Gasteiger partial charge < -0.3 is 37.5 Å². The molecule has 69 heavy (non-hydrogen) atoms. The van der Waals surface area contributed by atoms with E-state index in [4.69, 9.17) is 4.74 Å². The van der Waals surface area contributed by atoms with Crippen LogP contribution in [0.1, 0.15) is 70.4 Å². The average molecular weight is 1050 g/mol. The van der Waals surface area contributed by atoms with Gasteiger partial charge in [-0.25, -0.2) is 42.1 Å². The van der Waals surface area contributed by atoms with E-state index in [1.165, 1.54) is 25.3 Å². The Kier molecular flexibility index (Phi) is 15.0. The lowest BCUT2D eigenvalue weighted by Crippen LogP contribution is -2.30. The minimum Gasteiger partial charge on any atom is -0.748 e. The highest BCUT2D eigenvalue weighted by Crippen LogP contribution is 2.54. The van der Waals surface area contributed by atoms with Gasteiger partial charge in [0.05, 0.1) is 35.1 Å². The monoisotopic (exact) mass is 1050 g/mol. The molecule has 6 rings (SSSR count). The van der Waals surface area contributed by atoms with Gasteiger partial charge in [-0.2, -0.15) is 4.58 Å². The number of rotatable bonds is 20. The molecular weight excluding hydrogens is 1000 g/mol. The van der Waals surface area contributed by atoms with Crippen molar-refractivity contribution in [3.05, 3.63) is 95.7 Å². The molecular formula is C44H46N2O18S5-4. The Bertz CT molecular complexity index is 3490. The first-order valence-electron chi connectivity index (χ1n) is 21.0. The molecule has 0 spiro atoms. The van der Waals surface area contributed by atoms with Crippen molar-refractivity contribution in [2.24, 2.45) is 0 Å². The molecule has 1 atom stereocenters. The van der Waals surface area contributed by atoms with Gasteiger partial charge in [0.15, 0.2) is 12.3 Å². The standard InChI is InChI=1S/C44H50N2O18S5/c1-43(2)38(46(21-22-64-4)34-17-15-30-32(41(34)43)24-28(66(52,53)54)26-36(30)68(58,59)60)12-7-5-8-13-39-44(3,19-11-23-65(49,50)51)42-33-25-29(67(55,56)57)27-37(69(61,62)63)31(33)16-18-35(42)45(39)20-10-6-9-14-40(47)48/h5,7-8,12-13,15-18,24-27H,6,9-11,14,19-23H2,1-4H3,(H5-,47,48,49,50,51,52,53,54,55,56,57,58,59,60,61,62,63)/p-4. The number of unbranched alkanes of at least 4 members (excludes halogenated alkanes) is 2. The molecule has 25 heteroatoms. The number of aliphatic carboxylic acids is 1. The highest BCUT2D eigenvalue weighted by atomic mass is 32.2. The SMILES string of the molecule is COCC[N+]1=C(/C=C/C=C/C=C2/N(CCCCCC(=O)O)c3ccc4c(S(=O)(=O)[O-])cc(S(=O)(=O)[O-])cc4c3C2(C)CCCS(=O)(=O)[O-])C(C)(C)c2c1ccc1c(S(=O)(=O)[O-])cc(S(=O)(=O)[O-])cc21. The first-order chi connectivity index (χ1) is 31.8. The normalized spacial score (nSPS) is 18.4. The van der Waals surface area contributed by atoms with Crippen molar-refractivity contribution >= 4 is 95.2 Å². The van der Waals surface area contributed by atoms with Gasteiger partial charge in [-0.3, -0.25) is 4.79 Å². The van der Waals surface area contributed by atoms with Gasteiger partial charge in [0, 0.05) is 65.7 Å². The summed E-state index contributed by atoms with van der Waals surface area (Å²) in [6.07, 6.45) is 8.82.